The van der Waals surface area contributed by atoms with Crippen molar-refractivity contribution in [1.82, 2.24) is 10.4 Å². The highest BCUT2D eigenvalue weighted by Crippen LogP contribution is 2.28. The van der Waals surface area contributed by atoms with E-state index in [0.29, 0.717) is 33.5 Å². The predicted molar refractivity (Wildman–Crippen MR) is 153 cm³/mol. The summed E-state index contributed by atoms with van der Waals surface area (Å²) in [7, 11) is 1.55. The third kappa shape index (κ3) is 6.23. The lowest BCUT2D eigenvalue weighted by molar-refractivity contribution is -0.384. The van der Waals surface area contributed by atoms with Crippen molar-refractivity contribution in [2.45, 2.75) is 0 Å². The minimum absolute atomic E-state index is 0.0595. The highest BCUT2D eigenvalue weighted by atomic mass is 16.6. The Morgan fingerprint density at radius 1 is 0.902 bits per heavy atom. The summed E-state index contributed by atoms with van der Waals surface area (Å²) in [5.41, 5.74) is 5.58. The number of nitrogens with one attached hydrogen (secondary N) is 1. The molecule has 5 rings (SSSR count). The lowest BCUT2D eigenvalue weighted by Crippen LogP contribution is -2.18. The Morgan fingerprint density at radius 2 is 1.66 bits per heavy atom. The number of methoxy groups -OCH3 is 1. The van der Waals surface area contributed by atoms with Gasteiger partial charge in [0.1, 0.15) is 11.5 Å². The predicted octanol–water partition coefficient (Wildman–Crippen LogP) is 5.80. The molecular formula is C31H22N4O6. The van der Waals surface area contributed by atoms with Crippen molar-refractivity contribution in [2.75, 3.05) is 7.11 Å². The van der Waals surface area contributed by atoms with Crippen molar-refractivity contribution in [3.63, 3.8) is 0 Å². The van der Waals surface area contributed by atoms with Crippen LogP contribution in [-0.2, 0) is 0 Å². The molecule has 0 spiro atoms. The van der Waals surface area contributed by atoms with Gasteiger partial charge >= 0.3 is 5.97 Å². The van der Waals surface area contributed by atoms with Gasteiger partial charge in [0.15, 0.2) is 0 Å². The van der Waals surface area contributed by atoms with Crippen molar-refractivity contribution in [3.8, 4) is 22.8 Å². The Bertz CT molecular complexity index is 1790. The van der Waals surface area contributed by atoms with E-state index >= 15 is 0 Å². The molecule has 0 fully saturated rings. The first-order chi connectivity index (χ1) is 19.9. The zero-order valence-corrected chi connectivity index (χ0v) is 21.7. The average molecular weight is 547 g/mol. The second-order valence-electron chi connectivity index (χ2n) is 8.77. The SMILES string of the molecule is COc1ccc2nc(-c3ccccc3)cc(C(=O)NN=Cc3ccc(OC(=O)c4cccc([N+](=O)[O-])c4)cc3)c2c1. The maximum atomic E-state index is 13.2. The number of ether oxygens (including phenoxy) is 2. The number of carbonyl (C=O) groups excluding carboxylic acids is 2. The molecular weight excluding hydrogens is 524 g/mol. The van der Waals surface area contributed by atoms with Gasteiger partial charge in [-0.3, -0.25) is 14.9 Å². The summed E-state index contributed by atoms with van der Waals surface area (Å²) >= 11 is 0. The molecule has 0 atom stereocenters. The van der Waals surface area contributed by atoms with Gasteiger partial charge in [-0.05, 0) is 60.2 Å². The third-order valence-corrected chi connectivity index (χ3v) is 6.09. The molecule has 4 aromatic carbocycles. The number of non-ortho nitro benzene ring substituents is 1. The average Bonchev–Trinajstić information content (AvgIpc) is 3.01. The van der Waals surface area contributed by atoms with Crippen LogP contribution in [0.15, 0.2) is 108 Å². The standard InChI is InChI=1S/C31H22N4O6/c1-40-25-14-15-28-26(17-25)27(18-29(33-28)21-6-3-2-4-7-21)30(36)34-32-19-20-10-12-24(13-11-20)41-31(37)22-8-5-9-23(16-22)35(38)39/h2-19H,1H3,(H,34,36). The van der Waals surface area contributed by atoms with Gasteiger partial charge in [0, 0.05) is 23.1 Å². The molecule has 1 heterocycles. The van der Waals surface area contributed by atoms with E-state index in [1.807, 2.05) is 30.3 Å². The number of benzene rings is 4. The second kappa shape index (κ2) is 11.9. The fourth-order valence-corrected chi connectivity index (χ4v) is 4.04. The number of hydrogen-bond donors (Lipinski definition) is 1. The van der Waals surface area contributed by atoms with Crippen LogP contribution < -0.4 is 14.9 Å². The quantitative estimate of drug-likeness (QED) is 0.0855. The van der Waals surface area contributed by atoms with E-state index in [0.717, 1.165) is 11.6 Å². The van der Waals surface area contributed by atoms with Crippen molar-refractivity contribution < 1.29 is 24.0 Å². The van der Waals surface area contributed by atoms with Crippen LogP contribution in [0.4, 0.5) is 5.69 Å². The van der Waals surface area contributed by atoms with Crippen molar-refractivity contribution in [3.05, 3.63) is 130 Å². The van der Waals surface area contributed by atoms with E-state index in [4.69, 9.17) is 14.5 Å². The summed E-state index contributed by atoms with van der Waals surface area (Å²) in [5, 5.41) is 15.6. The molecule has 0 aliphatic heterocycles. The van der Waals surface area contributed by atoms with Crippen molar-refractivity contribution in [1.29, 1.82) is 0 Å². The molecule has 0 radical (unpaired) electrons. The third-order valence-electron chi connectivity index (χ3n) is 6.09. The van der Waals surface area contributed by atoms with Crippen LogP contribution in [0.25, 0.3) is 22.2 Å². The molecule has 202 valence electrons. The molecule has 0 saturated heterocycles. The molecule has 0 unspecified atom stereocenters. The van der Waals surface area contributed by atoms with Gasteiger partial charge in [-0.1, -0.05) is 36.4 Å². The van der Waals surface area contributed by atoms with Crippen LogP contribution in [0.5, 0.6) is 11.5 Å². The molecule has 5 aromatic rings. The number of amides is 1. The fourth-order valence-electron chi connectivity index (χ4n) is 4.04. The molecule has 1 N–H and O–H groups in total. The topological polar surface area (TPSA) is 133 Å². The molecule has 0 aliphatic carbocycles. The van der Waals surface area contributed by atoms with Gasteiger partial charge in [0.25, 0.3) is 11.6 Å². The summed E-state index contributed by atoms with van der Waals surface area (Å²) < 4.78 is 10.6. The number of nitro benzene ring substituents is 1. The van der Waals surface area contributed by atoms with Crippen molar-refractivity contribution >= 4 is 34.7 Å². The van der Waals surface area contributed by atoms with Gasteiger partial charge in [0.05, 0.1) is 40.6 Å². The second-order valence-corrected chi connectivity index (χ2v) is 8.77. The summed E-state index contributed by atoms with van der Waals surface area (Å²) in [6.45, 7) is 0. The van der Waals surface area contributed by atoms with E-state index in [9.17, 15) is 19.7 Å². The van der Waals surface area contributed by atoms with E-state index in [-0.39, 0.29) is 17.0 Å². The van der Waals surface area contributed by atoms with Crippen molar-refractivity contribution in [2.24, 2.45) is 5.10 Å². The number of hydrazone groups is 1. The summed E-state index contributed by atoms with van der Waals surface area (Å²) in [4.78, 5) is 40.7. The Kier molecular flexibility index (Phi) is 7.73. The maximum Gasteiger partial charge on any atom is 0.343 e. The monoisotopic (exact) mass is 546 g/mol. The molecule has 1 amide bonds. The normalized spacial score (nSPS) is 10.9. The number of hydrogen-bond acceptors (Lipinski definition) is 8. The number of rotatable bonds is 8. The molecule has 0 saturated carbocycles. The highest BCUT2D eigenvalue weighted by molar-refractivity contribution is 6.07. The van der Waals surface area contributed by atoms with Gasteiger partial charge in [-0.2, -0.15) is 5.10 Å². The number of carbonyl (C=O) groups is 2. The zero-order chi connectivity index (χ0) is 28.8. The Labute approximate surface area is 234 Å². The molecule has 1 aromatic heterocycles. The van der Waals surface area contributed by atoms with Crippen LogP contribution in [0.1, 0.15) is 26.3 Å². The fraction of sp³-hybridized carbons (Fsp3) is 0.0323. The van der Waals surface area contributed by atoms with Crippen LogP contribution in [0, 0.1) is 10.1 Å². The zero-order valence-electron chi connectivity index (χ0n) is 21.7. The Morgan fingerprint density at radius 3 is 2.39 bits per heavy atom. The first kappa shape index (κ1) is 26.7. The molecule has 0 aliphatic rings. The van der Waals surface area contributed by atoms with Crippen LogP contribution in [0.3, 0.4) is 0 Å². The van der Waals surface area contributed by atoms with E-state index in [2.05, 4.69) is 10.5 Å². The van der Waals surface area contributed by atoms with Crippen LogP contribution in [0.2, 0.25) is 0 Å². The minimum atomic E-state index is -0.724. The Hall–Kier alpha value is -5.90. The number of aromatic nitrogens is 1. The summed E-state index contributed by atoms with van der Waals surface area (Å²) in [6.07, 6.45) is 1.45. The van der Waals surface area contributed by atoms with Gasteiger partial charge in [-0.15, -0.1) is 0 Å². The van der Waals surface area contributed by atoms with Gasteiger partial charge in [-0.25, -0.2) is 15.2 Å². The summed E-state index contributed by atoms with van der Waals surface area (Å²) in [5.74, 6) is -0.316. The van der Waals surface area contributed by atoms with Gasteiger partial charge in [0.2, 0.25) is 0 Å². The highest BCUT2D eigenvalue weighted by Gasteiger charge is 2.15. The smallest absolute Gasteiger partial charge is 0.343 e. The molecule has 10 heteroatoms. The first-order valence-electron chi connectivity index (χ1n) is 12.4. The number of pyridine rings is 1. The molecule has 10 nitrogen and oxygen atoms in total. The summed E-state index contributed by atoms with van der Waals surface area (Å²) in [6, 6.07) is 28.3. The Balaban J connectivity index is 1.30. The number of nitrogens with zero attached hydrogens (tertiary/aromatic N) is 3. The minimum Gasteiger partial charge on any atom is -0.497 e. The van der Waals surface area contributed by atoms with Gasteiger partial charge < -0.3 is 9.47 Å². The molecule has 0 bridgehead atoms. The number of esters is 1. The van der Waals surface area contributed by atoms with E-state index < -0.39 is 16.8 Å². The van der Waals surface area contributed by atoms with E-state index in [1.54, 1.807) is 55.6 Å². The van der Waals surface area contributed by atoms with E-state index in [1.165, 1.54) is 24.4 Å². The lowest BCUT2D eigenvalue weighted by Gasteiger charge is -2.10. The largest absolute Gasteiger partial charge is 0.497 e. The molecule has 41 heavy (non-hydrogen) atoms. The number of fused-ring (bicyclic) bond motifs is 1. The lowest BCUT2D eigenvalue weighted by atomic mass is 10.0. The van der Waals surface area contributed by atoms with Crippen LogP contribution in [-0.4, -0.2) is 35.1 Å². The van der Waals surface area contributed by atoms with Crippen LogP contribution >= 0.6 is 0 Å². The maximum absolute atomic E-state index is 13.2. The first-order valence-corrected chi connectivity index (χ1v) is 12.4. The number of nitro groups is 1.